The number of carbonyl (C=O) groups excluding carboxylic acids is 1. The average molecular weight is 543 g/mol. The minimum absolute atomic E-state index is 0.0329. The van der Waals surface area contributed by atoms with Gasteiger partial charge in [-0.25, -0.2) is 8.42 Å². The number of amides is 1. The third kappa shape index (κ3) is 7.77. The molecule has 1 amide bonds. The number of rotatable bonds is 11. The molecular formula is C25H26N4O6S2. The van der Waals surface area contributed by atoms with Gasteiger partial charge in [0.25, 0.3) is 11.1 Å². The van der Waals surface area contributed by atoms with Crippen LogP contribution in [0.25, 0.3) is 6.08 Å². The summed E-state index contributed by atoms with van der Waals surface area (Å²) in [7, 11) is -2.11. The van der Waals surface area contributed by atoms with Crippen LogP contribution in [0.2, 0.25) is 0 Å². The third-order valence-corrected chi connectivity index (χ3v) is 6.55. The molecule has 12 heteroatoms. The number of hydrogen-bond donors (Lipinski definition) is 1. The van der Waals surface area contributed by atoms with E-state index in [2.05, 4.69) is 20.7 Å². The van der Waals surface area contributed by atoms with Crippen LogP contribution >= 0.6 is 11.5 Å². The Kier molecular flexibility index (Phi) is 9.21. The quantitative estimate of drug-likeness (QED) is 0.216. The van der Waals surface area contributed by atoms with Gasteiger partial charge in [-0.2, -0.15) is 14.6 Å². The molecule has 0 spiro atoms. The second kappa shape index (κ2) is 12.3. The normalized spacial score (nSPS) is 11.5. The lowest BCUT2D eigenvalue weighted by Crippen LogP contribution is -2.13. The number of nitrogens with zero attached hydrogens (tertiary/aromatic N) is 3. The fraction of sp³-hybridized carbons (Fsp3) is 0.280. The first-order valence-electron chi connectivity index (χ1n) is 11.1. The van der Waals surface area contributed by atoms with Crippen molar-refractivity contribution in [2.75, 3.05) is 31.9 Å². The van der Waals surface area contributed by atoms with Crippen LogP contribution in [0, 0.1) is 25.2 Å². The van der Waals surface area contributed by atoms with Gasteiger partial charge in [0.05, 0.1) is 20.3 Å². The molecule has 2 aromatic carbocycles. The Morgan fingerprint density at radius 1 is 1.11 bits per heavy atom. The molecule has 10 nitrogen and oxygen atoms in total. The Balaban J connectivity index is 1.59. The molecule has 1 aromatic heterocycles. The van der Waals surface area contributed by atoms with Crippen LogP contribution in [0.4, 0.5) is 5.13 Å². The summed E-state index contributed by atoms with van der Waals surface area (Å²) in [5.74, 6) is 1.04. The molecule has 1 N–H and O–H groups in total. The summed E-state index contributed by atoms with van der Waals surface area (Å²) in [6.07, 6.45) is 2.99. The van der Waals surface area contributed by atoms with Gasteiger partial charge in [-0.3, -0.25) is 10.1 Å². The highest BCUT2D eigenvalue weighted by atomic mass is 32.2. The first-order valence-corrected chi connectivity index (χ1v) is 13.7. The summed E-state index contributed by atoms with van der Waals surface area (Å²) in [5, 5.41) is 11.4. The Morgan fingerprint density at radius 2 is 1.81 bits per heavy atom. The zero-order valence-corrected chi connectivity index (χ0v) is 22.4. The van der Waals surface area contributed by atoms with Gasteiger partial charge in [0.1, 0.15) is 17.4 Å². The van der Waals surface area contributed by atoms with Gasteiger partial charge in [-0.15, -0.1) is 0 Å². The summed E-state index contributed by atoms with van der Waals surface area (Å²) in [4.78, 5) is 16.2. The molecule has 37 heavy (non-hydrogen) atoms. The van der Waals surface area contributed by atoms with Crippen LogP contribution in [0.1, 0.15) is 23.1 Å². The van der Waals surface area contributed by atoms with Crippen molar-refractivity contribution in [2.45, 2.75) is 25.4 Å². The summed E-state index contributed by atoms with van der Waals surface area (Å²) < 4.78 is 43.8. The Hall–Kier alpha value is -3.95. The Morgan fingerprint density at radius 3 is 2.43 bits per heavy atom. The van der Waals surface area contributed by atoms with Gasteiger partial charge >= 0.3 is 0 Å². The minimum atomic E-state index is -3.61. The molecule has 0 atom stereocenters. The van der Waals surface area contributed by atoms with Crippen molar-refractivity contribution >= 4 is 38.5 Å². The molecule has 0 bridgehead atoms. The maximum absolute atomic E-state index is 12.5. The van der Waals surface area contributed by atoms with E-state index >= 15 is 0 Å². The van der Waals surface area contributed by atoms with E-state index in [0.717, 1.165) is 17.6 Å². The van der Waals surface area contributed by atoms with E-state index in [4.69, 9.17) is 14.2 Å². The Labute approximate surface area is 219 Å². The predicted molar refractivity (Wildman–Crippen MR) is 140 cm³/mol. The van der Waals surface area contributed by atoms with Crippen LogP contribution in [0.3, 0.4) is 0 Å². The minimum Gasteiger partial charge on any atom is -0.493 e. The number of anilines is 1. The molecule has 0 saturated heterocycles. The maximum Gasteiger partial charge on any atom is 0.268 e. The molecule has 0 saturated carbocycles. The number of benzene rings is 2. The number of nitrogens with one attached hydrogen (secondary N) is 1. The van der Waals surface area contributed by atoms with E-state index in [-0.39, 0.29) is 10.7 Å². The van der Waals surface area contributed by atoms with Crippen LogP contribution in [-0.2, 0) is 14.6 Å². The molecule has 3 rings (SSSR count). The lowest BCUT2D eigenvalue weighted by molar-refractivity contribution is -0.112. The largest absolute Gasteiger partial charge is 0.493 e. The fourth-order valence-corrected chi connectivity index (χ4v) is 4.61. The van der Waals surface area contributed by atoms with Crippen molar-refractivity contribution in [2.24, 2.45) is 0 Å². The molecule has 0 aliphatic heterocycles. The summed E-state index contributed by atoms with van der Waals surface area (Å²) in [6, 6.07) is 12.9. The van der Waals surface area contributed by atoms with Gasteiger partial charge in [0.2, 0.25) is 15.0 Å². The number of nitriles is 1. The van der Waals surface area contributed by atoms with E-state index in [1.807, 2.05) is 32.0 Å². The average Bonchev–Trinajstić information content (AvgIpc) is 3.33. The number of sulfone groups is 1. The van der Waals surface area contributed by atoms with Crippen LogP contribution < -0.4 is 19.5 Å². The molecule has 1 heterocycles. The highest BCUT2D eigenvalue weighted by Gasteiger charge is 2.17. The van der Waals surface area contributed by atoms with Crippen LogP contribution in [0.5, 0.6) is 17.2 Å². The molecule has 0 radical (unpaired) electrons. The summed E-state index contributed by atoms with van der Waals surface area (Å²) in [6.45, 7) is 4.94. The van der Waals surface area contributed by atoms with Crippen LogP contribution in [0.15, 0.2) is 47.1 Å². The smallest absolute Gasteiger partial charge is 0.268 e. The number of methoxy groups -OCH3 is 1. The lowest BCUT2D eigenvalue weighted by atomic mass is 10.1. The lowest BCUT2D eigenvalue weighted by Gasteiger charge is -2.13. The van der Waals surface area contributed by atoms with Crippen molar-refractivity contribution in [3.63, 3.8) is 0 Å². The molecule has 0 aliphatic rings. The van der Waals surface area contributed by atoms with Crippen LogP contribution in [-0.4, -0.2) is 50.3 Å². The van der Waals surface area contributed by atoms with Gasteiger partial charge in [-0.1, -0.05) is 23.8 Å². The van der Waals surface area contributed by atoms with E-state index in [0.29, 0.717) is 48.2 Å². The zero-order chi connectivity index (χ0) is 27.0. The number of carbonyl (C=O) groups is 1. The first kappa shape index (κ1) is 27.6. The number of ether oxygens (including phenoxy) is 3. The molecular weight excluding hydrogens is 516 g/mol. The molecule has 0 aliphatic carbocycles. The van der Waals surface area contributed by atoms with E-state index < -0.39 is 20.9 Å². The standard InChI is InChI=1S/C25H26N4O6S2/c1-16-6-8-20(17(2)12-16)34-10-5-11-35-21-9-7-18(14-22(21)33-3)13-19(15-26)23(30)27-24-28-25(29-36-24)37(4,31)32/h6-9,12-14H,5,10-11H2,1-4H3,(H,27,28,29,30)/b19-13-. The SMILES string of the molecule is COc1cc(/C=C(/C#N)C(=O)Nc2nc(S(C)(=O)=O)ns2)ccc1OCCCOc1ccc(C)cc1C. The van der Waals surface area contributed by atoms with Gasteiger partial charge in [0.15, 0.2) is 11.5 Å². The van der Waals surface area contributed by atoms with Gasteiger partial charge in [-0.05, 0) is 49.2 Å². The first-order chi connectivity index (χ1) is 17.6. The van der Waals surface area contributed by atoms with Crippen molar-refractivity contribution in [1.82, 2.24) is 9.36 Å². The highest BCUT2D eigenvalue weighted by molar-refractivity contribution is 7.90. The summed E-state index contributed by atoms with van der Waals surface area (Å²) in [5.41, 5.74) is 2.58. The number of hydrogen-bond acceptors (Lipinski definition) is 10. The van der Waals surface area contributed by atoms with Gasteiger partial charge < -0.3 is 14.2 Å². The second-order valence-electron chi connectivity index (χ2n) is 8.01. The number of aromatic nitrogens is 2. The van der Waals surface area contributed by atoms with Crippen molar-refractivity contribution in [3.05, 3.63) is 58.7 Å². The van der Waals surface area contributed by atoms with Crippen molar-refractivity contribution in [3.8, 4) is 23.3 Å². The Bertz CT molecular complexity index is 1460. The second-order valence-corrected chi connectivity index (χ2v) is 10.7. The zero-order valence-electron chi connectivity index (χ0n) is 20.8. The fourth-order valence-electron chi connectivity index (χ4n) is 3.17. The summed E-state index contributed by atoms with van der Waals surface area (Å²) >= 11 is 0.703. The van der Waals surface area contributed by atoms with Crippen molar-refractivity contribution < 1.29 is 27.4 Å². The van der Waals surface area contributed by atoms with Gasteiger partial charge in [0, 0.05) is 24.2 Å². The maximum atomic E-state index is 12.5. The predicted octanol–water partition coefficient (Wildman–Crippen LogP) is 3.96. The van der Waals surface area contributed by atoms with E-state index in [1.165, 1.54) is 18.7 Å². The molecule has 0 fully saturated rings. The van der Waals surface area contributed by atoms with E-state index in [9.17, 15) is 18.5 Å². The molecule has 194 valence electrons. The monoisotopic (exact) mass is 542 g/mol. The molecule has 3 aromatic rings. The number of aryl methyl sites for hydroxylation is 2. The third-order valence-electron chi connectivity index (χ3n) is 4.96. The van der Waals surface area contributed by atoms with E-state index in [1.54, 1.807) is 18.2 Å². The highest BCUT2D eigenvalue weighted by Crippen LogP contribution is 2.29. The van der Waals surface area contributed by atoms with Crippen molar-refractivity contribution in [1.29, 1.82) is 5.26 Å². The molecule has 0 unspecified atom stereocenters. The topological polar surface area (TPSA) is 140 Å².